The molecule has 0 radical (unpaired) electrons. The molecule has 0 heterocycles. The lowest BCUT2D eigenvalue weighted by molar-refractivity contribution is 0.186. The highest BCUT2D eigenvalue weighted by Crippen LogP contribution is 2.29. The Morgan fingerprint density at radius 3 is 2.32 bits per heavy atom. The van der Waals surface area contributed by atoms with Crippen molar-refractivity contribution in [3.63, 3.8) is 0 Å². The van der Waals surface area contributed by atoms with Crippen molar-refractivity contribution in [2.24, 2.45) is 0 Å². The minimum atomic E-state index is -0.304. The lowest BCUT2D eigenvalue weighted by Crippen LogP contribution is -1.98. The average Bonchev–Trinajstić information content (AvgIpc) is 2.54. The van der Waals surface area contributed by atoms with E-state index >= 15 is 0 Å². The summed E-state index contributed by atoms with van der Waals surface area (Å²) in [6.07, 6.45) is 12.0. The van der Waals surface area contributed by atoms with E-state index in [0.29, 0.717) is 0 Å². The van der Waals surface area contributed by atoms with Gasteiger partial charge in [-0.05, 0) is 65.5 Å². The van der Waals surface area contributed by atoms with E-state index < -0.39 is 0 Å². The Morgan fingerprint density at radius 2 is 1.68 bits per heavy atom. The normalized spacial score (nSPS) is 13.3. The molecule has 0 aromatic heterocycles. The van der Waals surface area contributed by atoms with E-state index in [-0.39, 0.29) is 11.9 Å². The van der Waals surface area contributed by atoms with Crippen LogP contribution in [0, 0.1) is 0 Å². The predicted octanol–water partition coefficient (Wildman–Crippen LogP) is 7.01. The molecule has 0 amide bonds. The maximum absolute atomic E-state index is 10.0. The number of hydrogen-bond acceptors (Lipinski definition) is 2. The molecule has 0 fully saturated rings. The van der Waals surface area contributed by atoms with Gasteiger partial charge in [0.1, 0.15) is 11.9 Å². The molecule has 2 heteroatoms. The maximum Gasteiger partial charge on any atom is 0.145 e. The van der Waals surface area contributed by atoms with Crippen LogP contribution in [0.4, 0.5) is 0 Å². The van der Waals surface area contributed by atoms with Crippen LogP contribution >= 0.6 is 0 Å². The topological polar surface area (TPSA) is 29.5 Å². The number of aromatic hydroxyl groups is 1. The van der Waals surface area contributed by atoms with Crippen molar-refractivity contribution in [2.45, 2.75) is 59.5 Å². The number of rotatable bonds is 10. The van der Waals surface area contributed by atoms with Crippen LogP contribution in [-0.2, 0) is 4.74 Å². The Bertz CT molecular complexity index is 631. The van der Waals surface area contributed by atoms with E-state index in [9.17, 15) is 5.11 Å². The van der Waals surface area contributed by atoms with Gasteiger partial charge in [0.05, 0.1) is 6.26 Å². The second-order valence-electron chi connectivity index (χ2n) is 6.70. The van der Waals surface area contributed by atoms with Crippen LogP contribution in [-0.4, -0.2) is 5.11 Å². The zero-order valence-corrected chi connectivity index (χ0v) is 16.1. The summed E-state index contributed by atoms with van der Waals surface area (Å²) in [7, 11) is 0. The van der Waals surface area contributed by atoms with Gasteiger partial charge in [0.2, 0.25) is 0 Å². The second kappa shape index (κ2) is 11.4. The van der Waals surface area contributed by atoms with Gasteiger partial charge in [-0.1, -0.05) is 53.6 Å². The minimum Gasteiger partial charge on any atom is -0.508 e. The number of benzene rings is 1. The molecule has 0 saturated carbocycles. The molecule has 1 atom stereocenters. The van der Waals surface area contributed by atoms with Gasteiger partial charge >= 0.3 is 0 Å². The summed E-state index contributed by atoms with van der Waals surface area (Å²) in [5.41, 5.74) is 4.81. The highest BCUT2D eigenvalue weighted by molar-refractivity contribution is 5.36. The first-order valence-corrected chi connectivity index (χ1v) is 8.94. The van der Waals surface area contributed by atoms with Gasteiger partial charge in [0, 0.05) is 5.56 Å². The lowest BCUT2D eigenvalue weighted by Gasteiger charge is -2.15. The molecule has 1 aromatic carbocycles. The van der Waals surface area contributed by atoms with Crippen molar-refractivity contribution in [1.82, 2.24) is 0 Å². The number of phenols is 1. The zero-order valence-electron chi connectivity index (χ0n) is 16.1. The molecule has 1 rings (SSSR count). The Labute approximate surface area is 153 Å². The van der Waals surface area contributed by atoms with Gasteiger partial charge in [0.15, 0.2) is 0 Å². The molecule has 25 heavy (non-hydrogen) atoms. The van der Waals surface area contributed by atoms with Crippen molar-refractivity contribution >= 4 is 0 Å². The average molecular weight is 341 g/mol. The summed E-state index contributed by atoms with van der Waals surface area (Å²) in [6, 6.07) is 7.26. The lowest BCUT2D eigenvalue weighted by atomic mass is 10.0. The first kappa shape index (κ1) is 20.8. The molecule has 1 aromatic rings. The Balaban J connectivity index is 2.64. The quantitative estimate of drug-likeness (QED) is 0.366. The van der Waals surface area contributed by atoms with Gasteiger partial charge < -0.3 is 9.84 Å². The largest absolute Gasteiger partial charge is 0.508 e. The summed E-state index contributed by atoms with van der Waals surface area (Å²) in [4.78, 5) is 0. The van der Waals surface area contributed by atoms with Crippen LogP contribution in [0.1, 0.15) is 65.0 Å². The Morgan fingerprint density at radius 1 is 1.04 bits per heavy atom. The first-order chi connectivity index (χ1) is 11.9. The second-order valence-corrected chi connectivity index (χ2v) is 6.70. The van der Waals surface area contributed by atoms with Crippen LogP contribution in [0.25, 0.3) is 0 Å². The van der Waals surface area contributed by atoms with Gasteiger partial charge in [-0.15, -0.1) is 0 Å². The summed E-state index contributed by atoms with van der Waals surface area (Å²) in [5.74, 6) is 0.244. The maximum atomic E-state index is 10.0. The van der Waals surface area contributed by atoms with Gasteiger partial charge in [-0.2, -0.15) is 0 Å². The summed E-state index contributed by atoms with van der Waals surface area (Å²) in [6.45, 7) is 12.2. The number of para-hydroxylation sites is 1. The molecule has 0 aliphatic carbocycles. The van der Waals surface area contributed by atoms with E-state index in [0.717, 1.165) is 31.2 Å². The van der Waals surface area contributed by atoms with Gasteiger partial charge in [-0.25, -0.2) is 0 Å². The molecule has 0 bridgehead atoms. The van der Waals surface area contributed by atoms with E-state index in [2.05, 4.69) is 52.5 Å². The molecular formula is C23H32O2. The van der Waals surface area contributed by atoms with E-state index in [1.807, 2.05) is 18.2 Å². The van der Waals surface area contributed by atoms with Crippen molar-refractivity contribution in [3.8, 4) is 5.75 Å². The van der Waals surface area contributed by atoms with Crippen LogP contribution in [0.2, 0.25) is 0 Å². The van der Waals surface area contributed by atoms with Crippen molar-refractivity contribution in [1.29, 1.82) is 0 Å². The van der Waals surface area contributed by atoms with Crippen LogP contribution in [0.5, 0.6) is 5.75 Å². The van der Waals surface area contributed by atoms with Gasteiger partial charge in [-0.3, -0.25) is 0 Å². The van der Waals surface area contributed by atoms with Crippen LogP contribution in [0.15, 0.2) is 72.1 Å². The fourth-order valence-corrected chi connectivity index (χ4v) is 2.61. The number of hydrogen-bond donors (Lipinski definition) is 1. The molecule has 1 N–H and O–H groups in total. The highest BCUT2D eigenvalue weighted by Gasteiger charge is 2.12. The molecule has 0 aliphatic rings. The predicted molar refractivity (Wildman–Crippen MR) is 108 cm³/mol. The smallest absolute Gasteiger partial charge is 0.145 e. The Kier molecular flexibility index (Phi) is 9.46. The number of ether oxygens (including phenoxy) is 1. The summed E-state index contributed by atoms with van der Waals surface area (Å²) < 4.78 is 5.59. The minimum absolute atomic E-state index is 0.244. The number of phenolic OH excluding ortho intramolecular Hbond substituents is 1. The van der Waals surface area contributed by atoms with E-state index in [1.54, 1.807) is 6.07 Å². The fraction of sp³-hybridized carbons (Fsp3) is 0.391. The standard InChI is InChI=1S/C23H32O2/c1-6-25-23(21-15-7-8-16-22(21)24)17-20(5)14-10-13-19(4)12-9-11-18(2)3/h6-8,11,13,15-17,23-24H,1,9-10,12,14H2,2-5H3/b19-13+,20-17+. The molecular weight excluding hydrogens is 308 g/mol. The molecule has 0 saturated heterocycles. The summed E-state index contributed by atoms with van der Waals surface area (Å²) >= 11 is 0. The first-order valence-electron chi connectivity index (χ1n) is 8.94. The molecule has 2 nitrogen and oxygen atoms in total. The Hall–Kier alpha value is -2.22. The van der Waals surface area contributed by atoms with E-state index in [1.165, 1.54) is 23.0 Å². The monoisotopic (exact) mass is 340 g/mol. The van der Waals surface area contributed by atoms with Crippen molar-refractivity contribution in [2.75, 3.05) is 0 Å². The molecule has 136 valence electrons. The number of allylic oxidation sites excluding steroid dienone is 5. The molecule has 0 spiro atoms. The molecule has 1 unspecified atom stereocenters. The van der Waals surface area contributed by atoms with E-state index in [4.69, 9.17) is 4.74 Å². The van der Waals surface area contributed by atoms with Crippen LogP contribution < -0.4 is 0 Å². The van der Waals surface area contributed by atoms with Gasteiger partial charge in [0.25, 0.3) is 0 Å². The SMILES string of the molecule is C=COC(/C=C(\C)CC/C=C(\C)CCC=C(C)C)c1ccccc1O. The third kappa shape index (κ3) is 8.44. The van der Waals surface area contributed by atoms with Crippen LogP contribution in [0.3, 0.4) is 0 Å². The fourth-order valence-electron chi connectivity index (χ4n) is 2.61. The zero-order chi connectivity index (χ0) is 18.7. The third-order valence-corrected chi connectivity index (χ3v) is 4.04. The third-order valence-electron chi connectivity index (χ3n) is 4.04. The summed E-state index contributed by atoms with van der Waals surface area (Å²) in [5, 5.41) is 10.0. The van der Waals surface area contributed by atoms with Crippen molar-refractivity contribution in [3.05, 3.63) is 77.6 Å². The highest BCUT2D eigenvalue weighted by atomic mass is 16.5. The van der Waals surface area contributed by atoms with Crippen molar-refractivity contribution < 1.29 is 9.84 Å². The molecule has 0 aliphatic heterocycles.